The fourth-order valence-electron chi connectivity index (χ4n) is 2.18. The zero-order chi connectivity index (χ0) is 12.4. The fourth-order valence-corrected chi connectivity index (χ4v) is 2.50. The first-order valence-electron chi connectivity index (χ1n) is 6.10. The summed E-state index contributed by atoms with van der Waals surface area (Å²) in [6, 6.07) is 3.84. The third-order valence-corrected chi connectivity index (χ3v) is 3.49. The zero-order valence-electron chi connectivity index (χ0n) is 9.90. The zero-order valence-corrected chi connectivity index (χ0v) is 11.5. The lowest BCUT2D eigenvalue weighted by molar-refractivity contribution is 0.169. The first-order valence-corrected chi connectivity index (χ1v) is 6.90. The van der Waals surface area contributed by atoms with Crippen molar-refractivity contribution in [3.63, 3.8) is 0 Å². The molecule has 0 saturated carbocycles. The van der Waals surface area contributed by atoms with Crippen LogP contribution in [-0.2, 0) is 0 Å². The van der Waals surface area contributed by atoms with Gasteiger partial charge in [-0.15, -0.1) is 0 Å². The predicted octanol–water partition coefficient (Wildman–Crippen LogP) is 2.52. The van der Waals surface area contributed by atoms with Gasteiger partial charge in [-0.1, -0.05) is 0 Å². The monoisotopic (exact) mass is 307 g/mol. The summed E-state index contributed by atoms with van der Waals surface area (Å²) >= 11 is 3.40. The average Bonchev–Trinajstić information content (AvgIpc) is 2.40. The van der Waals surface area contributed by atoms with Crippen molar-refractivity contribution < 1.29 is 4.74 Å². The number of hydrogen-bond acceptors (Lipinski definition) is 4. The molecule has 3 rings (SSSR count). The normalized spacial score (nSPS) is 19.9. The summed E-state index contributed by atoms with van der Waals surface area (Å²) in [5, 5.41) is 3.34. The van der Waals surface area contributed by atoms with E-state index in [9.17, 15) is 0 Å². The summed E-state index contributed by atoms with van der Waals surface area (Å²) in [5.41, 5.74) is 1.68. The minimum Gasteiger partial charge on any atom is -0.487 e. The van der Waals surface area contributed by atoms with Crippen LogP contribution in [0.1, 0.15) is 12.8 Å². The maximum Gasteiger partial charge on any atom is 0.149 e. The molecule has 5 heteroatoms. The number of ether oxygens (including phenoxy) is 1. The van der Waals surface area contributed by atoms with Gasteiger partial charge < -0.3 is 10.1 Å². The Bertz CT molecular complexity index is 555. The second-order valence-electron chi connectivity index (χ2n) is 4.42. The van der Waals surface area contributed by atoms with E-state index in [2.05, 4.69) is 31.2 Å². The number of fused-ring (bicyclic) bond motifs is 1. The van der Waals surface area contributed by atoms with Gasteiger partial charge in [-0.3, -0.25) is 4.98 Å². The number of halogens is 1. The lowest BCUT2D eigenvalue weighted by Crippen LogP contribution is -2.37. The molecule has 1 unspecified atom stereocenters. The predicted molar refractivity (Wildman–Crippen MR) is 73.8 cm³/mol. The Kier molecular flexibility index (Phi) is 3.43. The van der Waals surface area contributed by atoms with E-state index in [1.807, 2.05) is 12.1 Å². The molecule has 1 atom stereocenters. The molecular formula is C13H14BrN3O. The third kappa shape index (κ3) is 2.47. The summed E-state index contributed by atoms with van der Waals surface area (Å²) in [6.07, 6.45) is 6.02. The number of nitrogens with one attached hydrogen (secondary N) is 1. The number of hydrogen-bond donors (Lipinski definition) is 1. The third-order valence-electron chi connectivity index (χ3n) is 3.05. The van der Waals surface area contributed by atoms with Crippen molar-refractivity contribution in [1.82, 2.24) is 15.3 Å². The Morgan fingerprint density at radius 2 is 2.33 bits per heavy atom. The van der Waals surface area contributed by atoms with Crippen LogP contribution in [0, 0.1) is 0 Å². The van der Waals surface area contributed by atoms with Crippen LogP contribution in [0.25, 0.3) is 11.0 Å². The molecule has 1 aliphatic heterocycles. The Morgan fingerprint density at radius 1 is 1.39 bits per heavy atom. The molecule has 1 N–H and O–H groups in total. The minimum absolute atomic E-state index is 0.231. The molecule has 1 saturated heterocycles. The maximum absolute atomic E-state index is 6.03. The smallest absolute Gasteiger partial charge is 0.149 e. The highest BCUT2D eigenvalue weighted by molar-refractivity contribution is 9.10. The van der Waals surface area contributed by atoms with Gasteiger partial charge in [-0.2, -0.15) is 0 Å². The molecule has 0 spiro atoms. The van der Waals surface area contributed by atoms with E-state index in [-0.39, 0.29) is 6.10 Å². The highest BCUT2D eigenvalue weighted by Gasteiger charge is 2.16. The van der Waals surface area contributed by atoms with Crippen LogP contribution < -0.4 is 10.1 Å². The molecule has 0 bridgehead atoms. The highest BCUT2D eigenvalue weighted by Crippen LogP contribution is 2.25. The molecule has 1 aliphatic rings. The van der Waals surface area contributed by atoms with E-state index in [0.717, 1.165) is 47.2 Å². The van der Waals surface area contributed by atoms with E-state index >= 15 is 0 Å². The summed E-state index contributed by atoms with van der Waals surface area (Å²) in [4.78, 5) is 8.70. The van der Waals surface area contributed by atoms with Crippen molar-refractivity contribution in [3.8, 4) is 5.75 Å². The number of pyridine rings is 2. The SMILES string of the molecule is Brc1cnc2c(OC3CCCNC3)ccnc2c1. The number of nitrogens with zero attached hydrogens (tertiary/aromatic N) is 2. The Morgan fingerprint density at radius 3 is 3.17 bits per heavy atom. The largest absolute Gasteiger partial charge is 0.487 e. The van der Waals surface area contributed by atoms with Gasteiger partial charge >= 0.3 is 0 Å². The van der Waals surface area contributed by atoms with Crippen LogP contribution in [-0.4, -0.2) is 29.2 Å². The first kappa shape index (κ1) is 11.9. The highest BCUT2D eigenvalue weighted by atomic mass is 79.9. The topological polar surface area (TPSA) is 47.0 Å². The van der Waals surface area contributed by atoms with Crippen molar-refractivity contribution in [3.05, 3.63) is 29.0 Å². The van der Waals surface area contributed by atoms with Gasteiger partial charge in [0.25, 0.3) is 0 Å². The molecule has 94 valence electrons. The van der Waals surface area contributed by atoms with Gasteiger partial charge in [0.05, 0.1) is 5.52 Å². The Hall–Kier alpha value is -1.20. The van der Waals surface area contributed by atoms with E-state index in [1.165, 1.54) is 0 Å². The van der Waals surface area contributed by atoms with Crippen LogP contribution in [0.4, 0.5) is 0 Å². The van der Waals surface area contributed by atoms with Crippen molar-refractivity contribution in [2.75, 3.05) is 13.1 Å². The summed E-state index contributed by atoms with van der Waals surface area (Å²) in [6.45, 7) is 1.99. The van der Waals surface area contributed by atoms with Gasteiger partial charge in [-0.25, -0.2) is 4.98 Å². The Labute approximate surface area is 114 Å². The Balaban J connectivity index is 1.91. The maximum atomic E-state index is 6.03. The molecule has 4 nitrogen and oxygen atoms in total. The van der Waals surface area contributed by atoms with Crippen molar-refractivity contribution in [2.45, 2.75) is 18.9 Å². The molecule has 0 aliphatic carbocycles. The van der Waals surface area contributed by atoms with E-state index in [0.29, 0.717) is 0 Å². The van der Waals surface area contributed by atoms with Crippen LogP contribution in [0.5, 0.6) is 5.75 Å². The van der Waals surface area contributed by atoms with Crippen LogP contribution in [0.15, 0.2) is 29.0 Å². The second kappa shape index (κ2) is 5.20. The lowest BCUT2D eigenvalue weighted by atomic mass is 10.1. The van der Waals surface area contributed by atoms with Crippen LogP contribution >= 0.6 is 15.9 Å². The summed E-state index contributed by atoms with van der Waals surface area (Å²) < 4.78 is 6.96. The molecule has 0 radical (unpaired) electrons. The summed E-state index contributed by atoms with van der Waals surface area (Å²) in [7, 11) is 0. The second-order valence-corrected chi connectivity index (χ2v) is 5.33. The molecule has 3 heterocycles. The van der Waals surface area contributed by atoms with E-state index in [4.69, 9.17) is 4.74 Å². The quantitative estimate of drug-likeness (QED) is 0.926. The van der Waals surface area contributed by atoms with Crippen molar-refractivity contribution in [1.29, 1.82) is 0 Å². The van der Waals surface area contributed by atoms with Crippen LogP contribution in [0.3, 0.4) is 0 Å². The van der Waals surface area contributed by atoms with E-state index < -0.39 is 0 Å². The lowest BCUT2D eigenvalue weighted by Gasteiger charge is -2.24. The minimum atomic E-state index is 0.231. The van der Waals surface area contributed by atoms with Crippen molar-refractivity contribution >= 4 is 27.0 Å². The molecule has 2 aromatic heterocycles. The van der Waals surface area contributed by atoms with Crippen molar-refractivity contribution in [2.24, 2.45) is 0 Å². The van der Waals surface area contributed by atoms with Gasteiger partial charge in [0, 0.05) is 29.5 Å². The molecule has 0 amide bonds. The van der Waals surface area contributed by atoms with Gasteiger partial charge in [0.15, 0.2) is 0 Å². The molecule has 1 fully saturated rings. The number of piperidine rings is 1. The molecule has 2 aromatic rings. The van der Waals surface area contributed by atoms with Gasteiger partial charge in [0.1, 0.15) is 17.4 Å². The van der Waals surface area contributed by atoms with Gasteiger partial charge in [-0.05, 0) is 41.4 Å². The average molecular weight is 308 g/mol. The molecule has 0 aromatic carbocycles. The van der Waals surface area contributed by atoms with Crippen LogP contribution in [0.2, 0.25) is 0 Å². The van der Waals surface area contributed by atoms with E-state index in [1.54, 1.807) is 12.4 Å². The standard InChI is InChI=1S/C13H14BrN3O/c14-9-6-11-13(17-7-9)12(3-5-16-11)18-10-2-1-4-15-8-10/h3,5-7,10,15H,1-2,4,8H2. The summed E-state index contributed by atoms with van der Waals surface area (Å²) in [5.74, 6) is 0.821. The number of rotatable bonds is 2. The number of aromatic nitrogens is 2. The molecule has 18 heavy (non-hydrogen) atoms. The first-order chi connectivity index (χ1) is 8.83. The fraction of sp³-hybridized carbons (Fsp3) is 0.385. The molecular weight excluding hydrogens is 294 g/mol. The van der Waals surface area contributed by atoms with Gasteiger partial charge in [0.2, 0.25) is 0 Å².